The second-order valence-corrected chi connectivity index (χ2v) is 15.9. The minimum Gasteiger partial charge on any atom is -0.531 e. The molecule has 0 fully saturated rings. The highest BCUT2D eigenvalue weighted by Gasteiger charge is 2.52. The number of hydrogen-bond donors (Lipinski definition) is 0. The van der Waals surface area contributed by atoms with E-state index < -0.39 is 8.32 Å². The summed E-state index contributed by atoms with van der Waals surface area (Å²) in [5, 5.41) is 2.39. The highest BCUT2D eigenvalue weighted by atomic mass is 28.4. The normalized spacial score (nSPS) is 16.9. The van der Waals surface area contributed by atoms with Crippen molar-refractivity contribution < 1.29 is 9.16 Å². The van der Waals surface area contributed by atoms with Crippen LogP contribution in [0.2, 0.25) is 5.04 Å². The van der Waals surface area contributed by atoms with Crippen LogP contribution in [0.4, 0.5) is 0 Å². The molecule has 0 saturated heterocycles. The largest absolute Gasteiger partial charge is 0.531 e. The van der Waals surface area contributed by atoms with E-state index in [1.54, 1.807) is 7.11 Å². The standard InChI is InChI=1S/C34H37NO2Si/c1-34(2,3)38(26-14-8-6-9-15-26,27-16-10-7-11-17-27)37-30-20-19-25-23-29-31-24(21-22-35(29)4)13-12-18-28(31)32(25)33(30)36-5/h6-20,29H,21-23H2,1-5H3. The molecule has 0 spiro atoms. The first-order valence-corrected chi connectivity index (χ1v) is 15.6. The van der Waals surface area contributed by atoms with E-state index in [0.717, 1.165) is 30.9 Å². The second kappa shape index (κ2) is 9.44. The van der Waals surface area contributed by atoms with Crippen LogP contribution in [-0.2, 0) is 12.8 Å². The van der Waals surface area contributed by atoms with Crippen molar-refractivity contribution in [2.75, 3.05) is 20.7 Å². The van der Waals surface area contributed by atoms with Crippen LogP contribution in [0.15, 0.2) is 91.0 Å². The third-order valence-electron chi connectivity index (χ3n) is 8.57. The minimum absolute atomic E-state index is 0.129. The van der Waals surface area contributed by atoms with Crippen molar-refractivity contribution in [3.63, 3.8) is 0 Å². The lowest BCUT2D eigenvalue weighted by Gasteiger charge is -2.44. The first-order valence-electron chi connectivity index (χ1n) is 13.7. The SMILES string of the molecule is COc1c(O[Si](c2ccccc2)(c2ccccc2)C(C)(C)C)ccc2c1-c1cccc3c1C(C2)N(C)CC3. The number of nitrogens with zero attached hydrogens (tertiary/aromatic N) is 1. The molecule has 1 unspecified atom stereocenters. The Morgan fingerprint density at radius 2 is 1.45 bits per heavy atom. The van der Waals surface area contributed by atoms with Crippen LogP contribution in [0, 0.1) is 0 Å². The maximum atomic E-state index is 7.46. The zero-order chi connectivity index (χ0) is 26.5. The third kappa shape index (κ3) is 3.81. The quantitative estimate of drug-likeness (QED) is 0.285. The zero-order valence-corrected chi connectivity index (χ0v) is 24.1. The molecule has 1 aliphatic heterocycles. The van der Waals surface area contributed by atoms with Gasteiger partial charge in [-0.25, -0.2) is 0 Å². The van der Waals surface area contributed by atoms with Crippen LogP contribution in [0.3, 0.4) is 0 Å². The number of likely N-dealkylation sites (N-methyl/N-ethyl adjacent to an activating group) is 1. The van der Waals surface area contributed by atoms with Gasteiger partial charge in [0.25, 0.3) is 0 Å². The topological polar surface area (TPSA) is 21.7 Å². The van der Waals surface area contributed by atoms with E-state index in [4.69, 9.17) is 9.16 Å². The predicted octanol–water partition coefficient (Wildman–Crippen LogP) is 6.39. The van der Waals surface area contributed by atoms with E-state index in [1.165, 1.54) is 38.2 Å². The molecule has 194 valence electrons. The van der Waals surface area contributed by atoms with Crippen LogP contribution in [0.25, 0.3) is 11.1 Å². The summed E-state index contributed by atoms with van der Waals surface area (Å²) in [5.41, 5.74) is 6.77. The molecule has 4 aromatic rings. The molecule has 6 rings (SSSR count). The Morgan fingerprint density at radius 3 is 2.05 bits per heavy atom. The predicted molar refractivity (Wildman–Crippen MR) is 159 cm³/mol. The fourth-order valence-electron chi connectivity index (χ4n) is 6.75. The molecule has 0 aromatic heterocycles. The fourth-order valence-corrected chi connectivity index (χ4v) is 11.2. The monoisotopic (exact) mass is 519 g/mol. The summed E-state index contributed by atoms with van der Waals surface area (Å²) in [5.74, 6) is 1.69. The number of benzene rings is 4. The van der Waals surface area contributed by atoms with E-state index in [1.807, 2.05) is 0 Å². The molecule has 1 heterocycles. The zero-order valence-electron chi connectivity index (χ0n) is 23.1. The highest BCUT2D eigenvalue weighted by molar-refractivity contribution is 7.00. The van der Waals surface area contributed by atoms with Crippen molar-refractivity contribution in [3.8, 4) is 22.6 Å². The molecular weight excluding hydrogens is 482 g/mol. The van der Waals surface area contributed by atoms with Crippen LogP contribution in [-0.4, -0.2) is 33.9 Å². The van der Waals surface area contributed by atoms with Gasteiger partial charge in [0.15, 0.2) is 5.75 Å². The molecule has 0 saturated carbocycles. The molecule has 3 nitrogen and oxygen atoms in total. The molecule has 4 aromatic carbocycles. The Hall–Kier alpha value is -3.34. The van der Waals surface area contributed by atoms with Crippen LogP contribution in [0.5, 0.6) is 11.5 Å². The van der Waals surface area contributed by atoms with Gasteiger partial charge in [0.05, 0.1) is 7.11 Å². The summed E-state index contributed by atoms with van der Waals surface area (Å²) in [6, 6.07) is 33.3. The van der Waals surface area contributed by atoms with Gasteiger partial charge in [0, 0.05) is 18.2 Å². The first kappa shape index (κ1) is 25.0. The number of fused-ring (bicyclic) bond motifs is 2. The molecule has 0 N–H and O–H groups in total. The van der Waals surface area contributed by atoms with Gasteiger partial charge in [-0.15, -0.1) is 0 Å². The maximum absolute atomic E-state index is 7.46. The van der Waals surface area contributed by atoms with Gasteiger partial charge in [-0.3, -0.25) is 4.90 Å². The summed E-state index contributed by atoms with van der Waals surface area (Å²) >= 11 is 0. The lowest BCUT2D eigenvalue weighted by atomic mass is 9.77. The van der Waals surface area contributed by atoms with Crippen molar-refractivity contribution in [1.29, 1.82) is 0 Å². The molecule has 38 heavy (non-hydrogen) atoms. The van der Waals surface area contributed by atoms with Gasteiger partial charge in [0.1, 0.15) is 5.75 Å². The lowest BCUT2D eigenvalue weighted by molar-refractivity contribution is 0.228. The molecule has 0 bridgehead atoms. The molecule has 4 heteroatoms. The van der Waals surface area contributed by atoms with Gasteiger partial charge in [-0.2, -0.15) is 0 Å². The number of methoxy groups -OCH3 is 1. The Kier molecular flexibility index (Phi) is 6.20. The Labute approximate surface area is 228 Å². The van der Waals surface area contributed by atoms with E-state index in [0.29, 0.717) is 6.04 Å². The fraction of sp³-hybridized carbons (Fsp3) is 0.294. The maximum Gasteiger partial charge on any atom is 0.320 e. The van der Waals surface area contributed by atoms with Crippen molar-refractivity contribution >= 4 is 18.7 Å². The Morgan fingerprint density at radius 1 is 0.789 bits per heavy atom. The highest BCUT2D eigenvalue weighted by Crippen LogP contribution is 2.51. The van der Waals surface area contributed by atoms with Crippen molar-refractivity contribution in [3.05, 3.63) is 108 Å². The average molecular weight is 520 g/mol. The van der Waals surface area contributed by atoms with Gasteiger partial charge < -0.3 is 9.16 Å². The molecule has 0 amide bonds. The van der Waals surface area contributed by atoms with Gasteiger partial charge in [-0.05, 0) is 63.6 Å². The van der Waals surface area contributed by atoms with Crippen molar-refractivity contribution in [2.45, 2.75) is 44.7 Å². The second-order valence-electron chi connectivity index (χ2n) is 11.7. The summed E-state index contributed by atoms with van der Waals surface area (Å²) in [6.07, 6.45) is 2.08. The van der Waals surface area contributed by atoms with Crippen LogP contribution in [0.1, 0.15) is 43.5 Å². The summed E-state index contributed by atoms with van der Waals surface area (Å²) in [6.45, 7) is 8.05. The van der Waals surface area contributed by atoms with E-state index in [9.17, 15) is 0 Å². The van der Waals surface area contributed by atoms with Crippen molar-refractivity contribution in [2.24, 2.45) is 0 Å². The van der Waals surface area contributed by atoms with E-state index in [-0.39, 0.29) is 5.04 Å². The lowest BCUT2D eigenvalue weighted by Crippen LogP contribution is -2.68. The van der Waals surface area contributed by atoms with Crippen molar-refractivity contribution in [1.82, 2.24) is 4.90 Å². The summed E-state index contributed by atoms with van der Waals surface area (Å²) < 4.78 is 13.7. The molecule has 1 atom stereocenters. The molecule has 1 aliphatic carbocycles. The third-order valence-corrected chi connectivity index (χ3v) is 13.5. The van der Waals surface area contributed by atoms with E-state index in [2.05, 4.69) is 124 Å². The average Bonchev–Trinajstić information content (AvgIpc) is 2.93. The Balaban J connectivity index is 1.58. The van der Waals surface area contributed by atoms with Gasteiger partial charge in [0.2, 0.25) is 0 Å². The first-order chi connectivity index (χ1) is 18.3. The number of ether oxygens (including phenoxy) is 1. The van der Waals surface area contributed by atoms with Crippen LogP contribution < -0.4 is 19.5 Å². The van der Waals surface area contributed by atoms with Gasteiger partial charge >= 0.3 is 8.32 Å². The smallest absolute Gasteiger partial charge is 0.320 e. The molecule has 2 aliphatic rings. The number of hydrogen-bond acceptors (Lipinski definition) is 3. The van der Waals surface area contributed by atoms with E-state index >= 15 is 0 Å². The summed E-state index contributed by atoms with van der Waals surface area (Å²) in [4.78, 5) is 2.51. The van der Waals surface area contributed by atoms with Crippen LogP contribution >= 0.6 is 0 Å². The molecular formula is C34H37NO2Si. The molecule has 0 radical (unpaired) electrons. The minimum atomic E-state index is -2.79. The van der Waals surface area contributed by atoms with Gasteiger partial charge in [-0.1, -0.05) is 106 Å². The Bertz CT molecular complexity index is 1420. The summed E-state index contributed by atoms with van der Waals surface area (Å²) in [7, 11) is 1.26. The number of rotatable bonds is 5.